The molecule has 0 aliphatic rings. The van der Waals surface area contributed by atoms with Crippen LogP contribution >= 0.6 is 0 Å². The van der Waals surface area contributed by atoms with Gasteiger partial charge in [-0.25, -0.2) is 0 Å². The summed E-state index contributed by atoms with van der Waals surface area (Å²) in [7, 11) is 1.53. The molecular weight excluding hydrogens is 370 g/mol. The third kappa shape index (κ3) is 6.83. The highest BCUT2D eigenvalue weighted by atomic mass is 16.5. The lowest BCUT2D eigenvalue weighted by molar-refractivity contribution is -0.147. The van der Waals surface area contributed by atoms with E-state index in [2.05, 4.69) is 16.0 Å². The van der Waals surface area contributed by atoms with Crippen LogP contribution in [0.3, 0.4) is 0 Å². The number of carbonyl (C=O) groups is 4. The minimum absolute atomic E-state index is 0.0649. The molecule has 0 aliphatic carbocycles. The van der Waals surface area contributed by atoms with E-state index in [1.54, 1.807) is 24.3 Å². The van der Waals surface area contributed by atoms with Crippen molar-refractivity contribution in [1.29, 1.82) is 0 Å². The summed E-state index contributed by atoms with van der Waals surface area (Å²) in [5.74, 6) is -1.78. The maximum Gasteiger partial charge on any atom is 0.325 e. The van der Waals surface area contributed by atoms with Crippen LogP contribution in [0, 0.1) is 0 Å². The predicted molar refractivity (Wildman–Crippen MR) is 96.6 cm³/mol. The van der Waals surface area contributed by atoms with Crippen LogP contribution in [0.15, 0.2) is 47.1 Å². The van der Waals surface area contributed by atoms with E-state index in [0.717, 1.165) is 0 Å². The molecule has 3 amide bonds. The number of benzene rings is 1. The molecule has 1 aromatic carbocycles. The van der Waals surface area contributed by atoms with Crippen LogP contribution in [0.5, 0.6) is 5.75 Å². The number of ether oxygens (including phenoxy) is 2. The summed E-state index contributed by atoms with van der Waals surface area (Å²) in [4.78, 5) is 46.5. The molecule has 10 heteroatoms. The number of nitrogens with one attached hydrogen (secondary N) is 3. The summed E-state index contributed by atoms with van der Waals surface area (Å²) < 4.78 is 14.6. The quantitative estimate of drug-likeness (QED) is 0.525. The molecule has 0 spiro atoms. The van der Waals surface area contributed by atoms with Crippen LogP contribution in [0.25, 0.3) is 0 Å². The molecule has 0 aliphatic heterocycles. The number of amides is 3. The Hall–Kier alpha value is -3.82. The molecule has 0 unspecified atom stereocenters. The number of hydrogen-bond acceptors (Lipinski definition) is 7. The lowest BCUT2D eigenvalue weighted by Gasteiger charge is -2.08. The van der Waals surface area contributed by atoms with Crippen LogP contribution in [0.1, 0.15) is 10.6 Å². The highest BCUT2D eigenvalue weighted by molar-refractivity contribution is 5.95. The van der Waals surface area contributed by atoms with Crippen LogP contribution in [-0.4, -0.2) is 50.5 Å². The molecule has 0 bridgehead atoms. The first-order valence-corrected chi connectivity index (χ1v) is 8.16. The number of esters is 1. The SMILES string of the molecule is COc1ccc(NC(=O)COC(=O)CNC(=O)CNC(=O)c2ccco2)cc1. The van der Waals surface area contributed by atoms with Gasteiger partial charge in [-0.05, 0) is 36.4 Å². The van der Waals surface area contributed by atoms with Gasteiger partial charge in [0, 0.05) is 5.69 Å². The number of rotatable bonds is 9. The molecule has 0 fully saturated rings. The number of furan rings is 1. The van der Waals surface area contributed by atoms with Crippen molar-refractivity contribution in [2.75, 3.05) is 32.1 Å². The Kier molecular flexibility index (Phi) is 7.58. The Bertz CT molecular complexity index is 816. The summed E-state index contributed by atoms with van der Waals surface area (Å²) in [6.45, 7) is -1.29. The Morgan fingerprint density at radius 3 is 2.36 bits per heavy atom. The molecule has 10 nitrogen and oxygen atoms in total. The third-order valence-electron chi connectivity index (χ3n) is 3.32. The van der Waals surface area contributed by atoms with E-state index in [4.69, 9.17) is 13.9 Å². The fourth-order valence-corrected chi connectivity index (χ4v) is 1.96. The minimum atomic E-state index is -0.796. The van der Waals surface area contributed by atoms with Gasteiger partial charge in [-0.2, -0.15) is 0 Å². The van der Waals surface area contributed by atoms with Crippen LogP contribution in [0.4, 0.5) is 5.69 Å². The Morgan fingerprint density at radius 2 is 1.71 bits per heavy atom. The van der Waals surface area contributed by atoms with E-state index in [1.807, 2.05) is 0 Å². The van der Waals surface area contributed by atoms with Crippen molar-refractivity contribution in [3.8, 4) is 5.75 Å². The molecule has 0 saturated carbocycles. The van der Waals surface area contributed by atoms with Crippen molar-refractivity contribution in [3.05, 3.63) is 48.4 Å². The van der Waals surface area contributed by atoms with Gasteiger partial charge in [0.25, 0.3) is 11.8 Å². The zero-order chi connectivity index (χ0) is 20.4. The molecule has 148 valence electrons. The van der Waals surface area contributed by atoms with Crippen molar-refractivity contribution in [1.82, 2.24) is 10.6 Å². The number of hydrogen-bond donors (Lipinski definition) is 3. The van der Waals surface area contributed by atoms with Crippen LogP contribution < -0.4 is 20.7 Å². The van der Waals surface area contributed by atoms with E-state index >= 15 is 0 Å². The van der Waals surface area contributed by atoms with E-state index in [-0.39, 0.29) is 12.3 Å². The first-order valence-electron chi connectivity index (χ1n) is 8.16. The van der Waals surface area contributed by atoms with E-state index < -0.39 is 36.8 Å². The second-order valence-electron chi connectivity index (χ2n) is 5.37. The van der Waals surface area contributed by atoms with Gasteiger partial charge in [0.05, 0.1) is 19.9 Å². The number of anilines is 1. The van der Waals surface area contributed by atoms with Crippen molar-refractivity contribution in [3.63, 3.8) is 0 Å². The average molecular weight is 389 g/mol. The Morgan fingerprint density at radius 1 is 0.964 bits per heavy atom. The van der Waals surface area contributed by atoms with Gasteiger partial charge in [0.2, 0.25) is 5.91 Å². The molecule has 1 heterocycles. The summed E-state index contributed by atoms with van der Waals surface area (Å²) >= 11 is 0. The molecule has 1 aromatic heterocycles. The average Bonchev–Trinajstić information content (AvgIpc) is 3.24. The maximum absolute atomic E-state index is 11.7. The third-order valence-corrected chi connectivity index (χ3v) is 3.32. The summed E-state index contributed by atoms with van der Waals surface area (Å²) in [6, 6.07) is 9.59. The largest absolute Gasteiger partial charge is 0.497 e. The summed E-state index contributed by atoms with van der Waals surface area (Å²) in [6.07, 6.45) is 1.33. The second-order valence-corrected chi connectivity index (χ2v) is 5.37. The summed E-state index contributed by atoms with van der Waals surface area (Å²) in [5, 5.41) is 7.13. The van der Waals surface area contributed by atoms with Gasteiger partial charge in [-0.3, -0.25) is 19.2 Å². The van der Waals surface area contributed by atoms with E-state index in [9.17, 15) is 19.2 Å². The predicted octanol–water partition coefficient (Wildman–Crippen LogP) is 0.316. The zero-order valence-electron chi connectivity index (χ0n) is 15.0. The standard InChI is InChI=1S/C18H19N3O7/c1-26-13-6-4-12(5-7-13)21-16(23)11-28-17(24)10-19-15(22)9-20-18(25)14-3-2-8-27-14/h2-8H,9-11H2,1H3,(H,19,22)(H,20,25)(H,21,23). The van der Waals surface area contributed by atoms with E-state index in [1.165, 1.54) is 25.5 Å². The molecule has 0 radical (unpaired) electrons. The lowest BCUT2D eigenvalue weighted by atomic mass is 10.3. The molecule has 3 N–H and O–H groups in total. The van der Waals surface area contributed by atoms with Crippen molar-refractivity contribution >= 4 is 29.4 Å². The van der Waals surface area contributed by atoms with Gasteiger partial charge < -0.3 is 29.8 Å². The van der Waals surface area contributed by atoms with Gasteiger partial charge in [0.15, 0.2) is 12.4 Å². The van der Waals surface area contributed by atoms with Gasteiger partial charge in [-0.15, -0.1) is 0 Å². The molecular formula is C18H19N3O7. The highest BCUT2D eigenvalue weighted by Gasteiger charge is 2.12. The molecule has 2 rings (SSSR count). The van der Waals surface area contributed by atoms with Gasteiger partial charge >= 0.3 is 5.97 Å². The highest BCUT2D eigenvalue weighted by Crippen LogP contribution is 2.14. The zero-order valence-corrected chi connectivity index (χ0v) is 15.0. The second kappa shape index (κ2) is 10.4. The van der Waals surface area contributed by atoms with Gasteiger partial charge in [0.1, 0.15) is 12.3 Å². The first-order chi connectivity index (χ1) is 13.5. The monoisotopic (exact) mass is 389 g/mol. The topological polar surface area (TPSA) is 136 Å². The van der Waals surface area contributed by atoms with Crippen LogP contribution in [-0.2, 0) is 19.1 Å². The maximum atomic E-state index is 11.7. The smallest absolute Gasteiger partial charge is 0.325 e. The lowest BCUT2D eigenvalue weighted by Crippen LogP contribution is -2.39. The van der Waals surface area contributed by atoms with Crippen molar-refractivity contribution in [2.24, 2.45) is 0 Å². The number of methoxy groups -OCH3 is 1. The Balaban J connectivity index is 1.61. The van der Waals surface area contributed by atoms with Crippen molar-refractivity contribution in [2.45, 2.75) is 0 Å². The first kappa shape index (κ1) is 20.5. The normalized spacial score (nSPS) is 9.89. The van der Waals surface area contributed by atoms with Gasteiger partial charge in [-0.1, -0.05) is 0 Å². The fourth-order valence-electron chi connectivity index (χ4n) is 1.96. The van der Waals surface area contributed by atoms with Crippen molar-refractivity contribution < 1.29 is 33.1 Å². The minimum Gasteiger partial charge on any atom is -0.497 e. The van der Waals surface area contributed by atoms with E-state index in [0.29, 0.717) is 11.4 Å². The Labute approximate surface area is 160 Å². The molecule has 2 aromatic rings. The molecule has 0 atom stereocenters. The molecule has 28 heavy (non-hydrogen) atoms. The molecule has 0 saturated heterocycles. The van der Waals surface area contributed by atoms with Crippen LogP contribution in [0.2, 0.25) is 0 Å². The number of carbonyl (C=O) groups excluding carboxylic acids is 4. The summed E-state index contributed by atoms with van der Waals surface area (Å²) in [5.41, 5.74) is 0.516. The fraction of sp³-hybridized carbons (Fsp3) is 0.222.